The maximum Gasteiger partial charge on any atom is 0.248 e. The largest absolute Gasteiger partial charge is 0.351 e. The zero-order valence-corrected chi connectivity index (χ0v) is 16.1. The fraction of sp³-hybridized carbons (Fsp3) is 0.400. The summed E-state index contributed by atoms with van der Waals surface area (Å²) >= 11 is 7.35. The van der Waals surface area contributed by atoms with Crippen LogP contribution in [-0.4, -0.2) is 23.7 Å². The summed E-state index contributed by atoms with van der Waals surface area (Å²) in [6.45, 7) is 0. The molecule has 4 nitrogen and oxygen atoms in total. The van der Waals surface area contributed by atoms with Crippen LogP contribution in [0.15, 0.2) is 47.8 Å². The highest BCUT2D eigenvalue weighted by Crippen LogP contribution is 2.31. The van der Waals surface area contributed by atoms with Gasteiger partial charge in [0.05, 0.1) is 0 Å². The van der Waals surface area contributed by atoms with Gasteiger partial charge in [-0.2, -0.15) is 0 Å². The number of rotatable bonds is 6. The molecule has 1 aliphatic carbocycles. The van der Waals surface area contributed by atoms with Gasteiger partial charge in [-0.05, 0) is 36.4 Å². The molecular weight excluding hydrogens is 368 g/mol. The number of thiophene rings is 1. The predicted molar refractivity (Wildman–Crippen MR) is 107 cm³/mol. The average molecular weight is 391 g/mol. The fourth-order valence-electron chi connectivity index (χ4n) is 3.44. The van der Waals surface area contributed by atoms with Gasteiger partial charge < -0.3 is 5.32 Å². The van der Waals surface area contributed by atoms with Gasteiger partial charge in [-0.3, -0.25) is 14.5 Å². The lowest BCUT2D eigenvalue weighted by molar-refractivity contribution is -0.126. The van der Waals surface area contributed by atoms with E-state index in [9.17, 15) is 9.59 Å². The smallest absolute Gasteiger partial charge is 0.248 e. The second-order valence-electron chi connectivity index (χ2n) is 6.49. The topological polar surface area (TPSA) is 49.4 Å². The molecule has 1 aliphatic rings. The molecule has 0 aliphatic heterocycles. The Balaban J connectivity index is 1.93. The van der Waals surface area contributed by atoms with Crippen LogP contribution in [0.1, 0.15) is 43.0 Å². The van der Waals surface area contributed by atoms with Gasteiger partial charge in [-0.1, -0.05) is 43.5 Å². The first-order valence-corrected chi connectivity index (χ1v) is 10.4. The Morgan fingerprint density at radius 3 is 2.46 bits per heavy atom. The second kappa shape index (κ2) is 9.19. The fourth-order valence-corrected chi connectivity index (χ4v) is 4.38. The van der Waals surface area contributed by atoms with Crippen LogP contribution in [0.2, 0.25) is 0 Å². The summed E-state index contributed by atoms with van der Waals surface area (Å²) in [4.78, 5) is 28.2. The summed E-state index contributed by atoms with van der Waals surface area (Å²) in [5, 5.41) is 5.09. The number of halogens is 1. The minimum atomic E-state index is -0.703. The molecule has 1 saturated carbocycles. The van der Waals surface area contributed by atoms with E-state index in [4.69, 9.17) is 11.6 Å². The number of alkyl halides is 1. The van der Waals surface area contributed by atoms with Crippen LogP contribution >= 0.6 is 22.9 Å². The highest BCUT2D eigenvalue weighted by atomic mass is 35.5. The Kier molecular flexibility index (Phi) is 6.69. The number of hydrogen-bond acceptors (Lipinski definition) is 3. The molecule has 138 valence electrons. The molecule has 0 saturated heterocycles. The van der Waals surface area contributed by atoms with Crippen molar-refractivity contribution in [3.05, 3.63) is 52.7 Å². The monoisotopic (exact) mass is 390 g/mol. The first-order valence-electron chi connectivity index (χ1n) is 8.97. The molecule has 3 rings (SSSR count). The average Bonchev–Trinajstić information content (AvgIpc) is 3.21. The Morgan fingerprint density at radius 1 is 1.12 bits per heavy atom. The lowest BCUT2D eigenvalue weighted by Gasteiger charge is -2.32. The highest BCUT2D eigenvalue weighted by Gasteiger charge is 2.34. The number of anilines is 1. The number of amides is 2. The van der Waals surface area contributed by atoms with Crippen molar-refractivity contribution in [1.82, 2.24) is 5.32 Å². The van der Waals surface area contributed by atoms with E-state index in [0.717, 1.165) is 30.6 Å². The molecule has 1 N–H and O–H groups in total. The van der Waals surface area contributed by atoms with Crippen LogP contribution in [0.25, 0.3) is 0 Å². The van der Waals surface area contributed by atoms with E-state index in [1.807, 2.05) is 47.8 Å². The van der Waals surface area contributed by atoms with Crippen LogP contribution in [0.5, 0.6) is 0 Å². The molecule has 1 aromatic carbocycles. The van der Waals surface area contributed by atoms with E-state index in [-0.39, 0.29) is 23.7 Å². The zero-order valence-electron chi connectivity index (χ0n) is 14.6. The number of carbonyl (C=O) groups is 2. The number of nitrogens with one attached hydrogen (secondary N) is 1. The number of carbonyl (C=O) groups excluding carboxylic acids is 2. The van der Waals surface area contributed by atoms with Crippen molar-refractivity contribution in [2.75, 3.05) is 10.8 Å². The standard InChI is InChI=1S/C20H23ClN2O2S/c21-14-18(24)23(16-10-5-2-6-11-16)19(17-12-7-13-26-17)20(25)22-15-8-3-1-4-9-15/h2,5-7,10-13,15,19H,1,3-4,8-9,14H2,(H,22,25). The first kappa shape index (κ1) is 18.9. The molecule has 1 heterocycles. The first-order chi connectivity index (χ1) is 12.7. The number of benzene rings is 1. The van der Waals surface area contributed by atoms with Crippen molar-refractivity contribution in [3.63, 3.8) is 0 Å². The maximum absolute atomic E-state index is 13.2. The van der Waals surface area contributed by atoms with Crippen molar-refractivity contribution in [1.29, 1.82) is 0 Å². The van der Waals surface area contributed by atoms with E-state index in [0.29, 0.717) is 5.69 Å². The van der Waals surface area contributed by atoms with E-state index in [1.54, 1.807) is 0 Å². The summed E-state index contributed by atoms with van der Waals surface area (Å²) in [6, 6.07) is 12.5. The van der Waals surface area contributed by atoms with Gasteiger partial charge in [0.1, 0.15) is 11.9 Å². The molecule has 0 radical (unpaired) electrons. The second-order valence-corrected chi connectivity index (χ2v) is 7.74. The third kappa shape index (κ3) is 4.46. The van der Waals surface area contributed by atoms with Gasteiger partial charge in [0, 0.05) is 16.6 Å². The van der Waals surface area contributed by atoms with Crippen molar-refractivity contribution in [2.45, 2.75) is 44.2 Å². The molecule has 1 atom stereocenters. The quantitative estimate of drug-likeness (QED) is 0.737. The molecule has 1 aromatic heterocycles. The van der Waals surface area contributed by atoms with Gasteiger partial charge >= 0.3 is 0 Å². The molecule has 1 unspecified atom stereocenters. The van der Waals surface area contributed by atoms with E-state index < -0.39 is 6.04 Å². The molecule has 1 fully saturated rings. The van der Waals surface area contributed by atoms with E-state index in [2.05, 4.69) is 5.32 Å². The third-order valence-corrected chi connectivity index (χ3v) is 5.84. The van der Waals surface area contributed by atoms with Crippen molar-refractivity contribution in [2.24, 2.45) is 0 Å². The lowest BCUT2D eigenvalue weighted by atomic mass is 9.95. The van der Waals surface area contributed by atoms with Crippen LogP contribution in [-0.2, 0) is 9.59 Å². The SMILES string of the molecule is O=C(NC1CCCCC1)C(c1cccs1)N(C(=O)CCl)c1ccccc1. The minimum Gasteiger partial charge on any atom is -0.351 e. The number of para-hydroxylation sites is 1. The minimum absolute atomic E-state index is 0.137. The maximum atomic E-state index is 13.2. The summed E-state index contributed by atoms with van der Waals surface area (Å²) in [7, 11) is 0. The Hall–Kier alpha value is -1.85. The van der Waals surface area contributed by atoms with Gasteiger partial charge in [-0.25, -0.2) is 0 Å². The van der Waals surface area contributed by atoms with Gasteiger partial charge in [0.25, 0.3) is 0 Å². The van der Waals surface area contributed by atoms with Crippen molar-refractivity contribution >= 4 is 40.4 Å². The number of hydrogen-bond donors (Lipinski definition) is 1. The Labute approximate surface area is 163 Å². The molecule has 26 heavy (non-hydrogen) atoms. The number of nitrogens with zero attached hydrogens (tertiary/aromatic N) is 1. The predicted octanol–water partition coefficient (Wildman–Crippen LogP) is 4.51. The molecule has 0 spiro atoms. The summed E-state index contributed by atoms with van der Waals surface area (Å²) in [5.74, 6) is -0.593. The van der Waals surface area contributed by atoms with Crippen LogP contribution < -0.4 is 10.2 Å². The normalized spacial score (nSPS) is 16.0. The Bertz CT molecular complexity index is 715. The third-order valence-electron chi connectivity index (χ3n) is 4.69. The lowest BCUT2D eigenvalue weighted by Crippen LogP contribution is -2.47. The van der Waals surface area contributed by atoms with Crippen molar-refractivity contribution < 1.29 is 9.59 Å². The molecule has 2 amide bonds. The Morgan fingerprint density at radius 2 is 1.85 bits per heavy atom. The molecule has 2 aromatic rings. The van der Waals surface area contributed by atoms with Crippen LogP contribution in [0.3, 0.4) is 0 Å². The van der Waals surface area contributed by atoms with Gasteiger partial charge in [0.15, 0.2) is 0 Å². The van der Waals surface area contributed by atoms with Crippen LogP contribution in [0.4, 0.5) is 5.69 Å². The molecule has 0 bridgehead atoms. The summed E-state index contributed by atoms with van der Waals surface area (Å²) < 4.78 is 0. The van der Waals surface area contributed by atoms with E-state index in [1.165, 1.54) is 22.7 Å². The zero-order chi connectivity index (χ0) is 18.4. The van der Waals surface area contributed by atoms with Gasteiger partial charge in [0.2, 0.25) is 11.8 Å². The van der Waals surface area contributed by atoms with E-state index >= 15 is 0 Å². The summed E-state index contributed by atoms with van der Waals surface area (Å²) in [6.07, 6.45) is 5.49. The van der Waals surface area contributed by atoms with Gasteiger partial charge in [-0.15, -0.1) is 22.9 Å². The summed E-state index contributed by atoms with van der Waals surface area (Å²) in [5.41, 5.74) is 0.676. The highest BCUT2D eigenvalue weighted by molar-refractivity contribution is 7.10. The van der Waals surface area contributed by atoms with Crippen molar-refractivity contribution in [3.8, 4) is 0 Å². The van der Waals surface area contributed by atoms with Crippen LogP contribution in [0, 0.1) is 0 Å². The molecular formula is C20H23ClN2O2S. The molecule has 6 heteroatoms.